The van der Waals surface area contributed by atoms with E-state index in [9.17, 15) is 28.2 Å². The molecular weight excluding hydrogens is 662 g/mol. The van der Waals surface area contributed by atoms with Crippen LogP contribution in [0.4, 0.5) is 5.82 Å². The van der Waals surface area contributed by atoms with Gasteiger partial charge >= 0.3 is 5.97 Å². The third kappa shape index (κ3) is 9.74. The molecular formula is C36H45N5O8S. The number of likely N-dealkylation sites (tertiary alicyclic amines) is 1. The maximum Gasteiger partial charge on any atom is 0.323 e. The number of ether oxygens (including phenoxy) is 2. The number of rotatable bonds is 16. The zero-order chi connectivity index (χ0) is 35.8. The van der Waals surface area contributed by atoms with Crippen molar-refractivity contribution in [1.82, 2.24) is 19.9 Å². The highest BCUT2D eigenvalue weighted by molar-refractivity contribution is 7.89. The molecule has 1 unspecified atom stereocenters. The minimum Gasteiger partial charge on any atom is -0.480 e. The highest BCUT2D eigenvalue weighted by atomic mass is 32.2. The van der Waals surface area contributed by atoms with Gasteiger partial charge in [-0.25, -0.2) is 18.3 Å². The van der Waals surface area contributed by atoms with E-state index in [1.54, 1.807) is 30.9 Å². The van der Waals surface area contributed by atoms with E-state index in [4.69, 9.17) is 9.47 Å². The highest BCUT2D eigenvalue weighted by Gasteiger charge is 2.37. The molecule has 268 valence electrons. The topological polar surface area (TPSA) is 179 Å². The van der Waals surface area contributed by atoms with Crippen LogP contribution in [0.15, 0.2) is 65.7 Å². The number of amides is 1. The van der Waals surface area contributed by atoms with Gasteiger partial charge in [-0.3, -0.25) is 9.59 Å². The number of carbonyl (C=O) groups is 2. The Hall–Kier alpha value is -4.18. The first-order valence-electron chi connectivity index (χ1n) is 16.6. The number of aliphatic hydroxyl groups excluding tert-OH is 1. The smallest absolute Gasteiger partial charge is 0.323 e. The summed E-state index contributed by atoms with van der Waals surface area (Å²) in [6.07, 6.45) is 6.73. The van der Waals surface area contributed by atoms with Gasteiger partial charge in [0.1, 0.15) is 18.5 Å². The fraction of sp³-hybridized carbons (Fsp3) is 0.417. The SMILES string of the molecule is Cc1cc(C)c(S(=O)(=O)N[C@@H](CNC(=O)CO[C@@H]2C[C@@H](CNc3cc4c(cn3)C=CCC4)N(C(O)OCc3ccccc3)C2)C(=O)O)c(C)c1. The van der Waals surface area contributed by atoms with Gasteiger partial charge in [0.2, 0.25) is 22.3 Å². The number of carboxylic acids is 1. The number of aromatic nitrogens is 1. The summed E-state index contributed by atoms with van der Waals surface area (Å²) in [5.41, 5.74) is 5.08. The first-order chi connectivity index (χ1) is 23.9. The van der Waals surface area contributed by atoms with Crippen molar-refractivity contribution in [3.8, 4) is 0 Å². The van der Waals surface area contributed by atoms with Crippen molar-refractivity contribution in [2.75, 3.05) is 31.6 Å². The maximum atomic E-state index is 13.1. The van der Waals surface area contributed by atoms with Gasteiger partial charge in [0.15, 0.2) is 0 Å². The van der Waals surface area contributed by atoms with Crippen LogP contribution >= 0.6 is 0 Å². The Labute approximate surface area is 292 Å². The molecule has 5 rings (SSSR count). The number of aliphatic hydroxyl groups is 1. The van der Waals surface area contributed by atoms with Crippen LogP contribution in [0.2, 0.25) is 0 Å². The van der Waals surface area contributed by atoms with Gasteiger partial charge < -0.3 is 30.3 Å². The molecule has 1 saturated heterocycles. The molecule has 5 N–H and O–H groups in total. The van der Waals surface area contributed by atoms with E-state index in [1.807, 2.05) is 49.5 Å². The van der Waals surface area contributed by atoms with E-state index < -0.39 is 53.6 Å². The number of aliphatic carboxylic acids is 1. The summed E-state index contributed by atoms with van der Waals surface area (Å²) >= 11 is 0. The molecule has 2 aromatic carbocycles. The first-order valence-corrected chi connectivity index (χ1v) is 18.1. The minimum absolute atomic E-state index is 0.00772. The lowest BCUT2D eigenvalue weighted by Gasteiger charge is -2.29. The van der Waals surface area contributed by atoms with Gasteiger partial charge in [-0.1, -0.05) is 60.2 Å². The number of carbonyl (C=O) groups excluding carboxylic acids is 1. The molecule has 2 heterocycles. The van der Waals surface area contributed by atoms with Crippen molar-refractivity contribution in [2.45, 2.75) is 76.1 Å². The number of nitrogens with one attached hydrogen (secondary N) is 3. The van der Waals surface area contributed by atoms with Crippen molar-refractivity contribution in [1.29, 1.82) is 0 Å². The number of aryl methyl sites for hydroxylation is 4. The predicted molar refractivity (Wildman–Crippen MR) is 188 cm³/mol. The molecule has 1 aliphatic heterocycles. The molecule has 1 aromatic heterocycles. The van der Waals surface area contributed by atoms with Gasteiger partial charge in [0.25, 0.3) is 0 Å². The van der Waals surface area contributed by atoms with Crippen molar-refractivity contribution < 1.29 is 37.7 Å². The molecule has 50 heavy (non-hydrogen) atoms. The number of hydrogen-bond acceptors (Lipinski definition) is 10. The number of fused-ring (bicyclic) bond motifs is 1. The Balaban J connectivity index is 1.17. The monoisotopic (exact) mass is 707 g/mol. The van der Waals surface area contributed by atoms with Crippen LogP contribution in [0.25, 0.3) is 6.08 Å². The second kappa shape index (κ2) is 16.7. The molecule has 0 saturated carbocycles. The molecule has 1 fully saturated rings. The molecule has 0 bridgehead atoms. The summed E-state index contributed by atoms with van der Waals surface area (Å²) in [4.78, 5) is 31.0. The average molecular weight is 708 g/mol. The zero-order valence-electron chi connectivity index (χ0n) is 28.5. The van der Waals surface area contributed by atoms with Gasteiger partial charge in [-0.2, -0.15) is 4.72 Å². The minimum atomic E-state index is -4.20. The van der Waals surface area contributed by atoms with Crippen LogP contribution in [0.5, 0.6) is 0 Å². The highest BCUT2D eigenvalue weighted by Crippen LogP contribution is 2.26. The number of hydrogen-bond donors (Lipinski definition) is 5. The molecule has 13 nitrogen and oxygen atoms in total. The number of allylic oxidation sites excluding steroid dienone is 1. The lowest BCUT2D eigenvalue weighted by Crippen LogP contribution is -2.49. The van der Waals surface area contributed by atoms with Crippen LogP contribution in [0.1, 0.15) is 46.2 Å². The van der Waals surface area contributed by atoms with Crippen LogP contribution < -0.4 is 15.4 Å². The lowest BCUT2D eigenvalue weighted by atomic mass is 9.99. The third-order valence-electron chi connectivity index (χ3n) is 8.79. The molecule has 2 aliphatic rings. The Kier molecular flexibility index (Phi) is 12.4. The summed E-state index contributed by atoms with van der Waals surface area (Å²) in [5.74, 6) is -1.33. The van der Waals surface area contributed by atoms with E-state index >= 15 is 0 Å². The standard InChI is InChI=1S/C36H45N5O8S/c1-23-13-24(2)34(25(3)14-23)50(46,47)40-31(35(43)44)19-39-33(42)22-48-30-16-29(18-38-32-15-27-11-7-8-12-28(27)17-37-32)41(20-30)36(45)49-21-26-9-5-4-6-10-26/h4-6,8-10,12-15,17,29-31,36,40,45H,7,11,16,18-22H2,1-3H3,(H,37,38)(H,39,42)(H,43,44)/t29-,30+,31-,36?/m0/s1. The second-order valence-electron chi connectivity index (χ2n) is 12.8. The van der Waals surface area contributed by atoms with Gasteiger partial charge in [-0.15, -0.1) is 0 Å². The first kappa shape index (κ1) is 37.1. The molecule has 0 spiro atoms. The molecule has 3 aromatic rings. The predicted octanol–water partition coefficient (Wildman–Crippen LogP) is 2.88. The summed E-state index contributed by atoms with van der Waals surface area (Å²) in [5, 5.41) is 26.6. The Morgan fingerprint density at radius 3 is 2.56 bits per heavy atom. The summed E-state index contributed by atoms with van der Waals surface area (Å²) in [6, 6.07) is 13.1. The number of benzene rings is 2. The Bertz CT molecular complexity index is 1780. The fourth-order valence-electron chi connectivity index (χ4n) is 6.45. The molecule has 1 aliphatic carbocycles. The number of sulfonamides is 1. The van der Waals surface area contributed by atoms with E-state index in [2.05, 4.69) is 32.5 Å². The van der Waals surface area contributed by atoms with E-state index in [0.29, 0.717) is 24.1 Å². The number of pyridine rings is 1. The maximum absolute atomic E-state index is 13.1. The second-order valence-corrected chi connectivity index (χ2v) is 14.4. The lowest BCUT2D eigenvalue weighted by molar-refractivity contribution is -0.204. The van der Waals surface area contributed by atoms with Crippen LogP contribution in [-0.2, 0) is 42.1 Å². The quantitative estimate of drug-likeness (QED) is 0.138. The summed E-state index contributed by atoms with van der Waals surface area (Å²) < 4.78 is 40.2. The number of carboxylic acid groups (broad SMARTS) is 1. The van der Waals surface area contributed by atoms with E-state index in [0.717, 1.165) is 35.3 Å². The largest absolute Gasteiger partial charge is 0.480 e. The Morgan fingerprint density at radius 2 is 1.84 bits per heavy atom. The summed E-state index contributed by atoms with van der Waals surface area (Å²) in [6.45, 7) is 5.15. The van der Waals surface area contributed by atoms with Crippen molar-refractivity contribution in [3.05, 3.63) is 94.2 Å². The van der Waals surface area contributed by atoms with Gasteiger partial charge in [-0.05, 0) is 73.9 Å². The molecule has 0 radical (unpaired) electrons. The van der Waals surface area contributed by atoms with Crippen molar-refractivity contribution in [3.63, 3.8) is 0 Å². The zero-order valence-corrected chi connectivity index (χ0v) is 29.3. The third-order valence-corrected chi connectivity index (χ3v) is 10.6. The van der Waals surface area contributed by atoms with Crippen molar-refractivity contribution >= 4 is 33.8 Å². The van der Waals surface area contributed by atoms with E-state index in [1.165, 1.54) is 5.56 Å². The molecule has 1 amide bonds. The van der Waals surface area contributed by atoms with Crippen LogP contribution in [0.3, 0.4) is 0 Å². The number of anilines is 1. The number of nitrogens with zero attached hydrogens (tertiary/aromatic N) is 2. The Morgan fingerprint density at radius 1 is 1.10 bits per heavy atom. The average Bonchev–Trinajstić information content (AvgIpc) is 3.50. The van der Waals surface area contributed by atoms with Gasteiger partial charge in [0.05, 0.1) is 17.6 Å². The van der Waals surface area contributed by atoms with Crippen LogP contribution in [-0.4, -0.2) is 91.2 Å². The molecule has 14 heteroatoms. The van der Waals surface area contributed by atoms with E-state index in [-0.39, 0.29) is 24.1 Å². The van der Waals surface area contributed by atoms with Crippen LogP contribution in [0, 0.1) is 20.8 Å². The van der Waals surface area contributed by atoms with Crippen molar-refractivity contribution in [2.24, 2.45) is 0 Å². The molecule has 4 atom stereocenters. The fourth-order valence-corrected chi connectivity index (χ4v) is 8.09. The summed E-state index contributed by atoms with van der Waals surface area (Å²) in [7, 11) is -4.20. The van der Waals surface area contributed by atoms with Gasteiger partial charge in [0, 0.05) is 31.9 Å². The normalized spacial score (nSPS) is 18.7.